The smallest absolute Gasteiger partial charge is 0.322 e. The van der Waals surface area contributed by atoms with Crippen molar-refractivity contribution in [1.82, 2.24) is 9.88 Å². The zero-order valence-electron chi connectivity index (χ0n) is 16.6. The van der Waals surface area contributed by atoms with E-state index in [2.05, 4.69) is 22.4 Å². The molecule has 2 aliphatic rings. The maximum Gasteiger partial charge on any atom is 0.322 e. The first-order valence-corrected chi connectivity index (χ1v) is 9.82. The molecule has 148 valence electrons. The number of aromatic nitrogens is 1. The largest absolute Gasteiger partial charge is 0.497 e. The molecule has 1 saturated carbocycles. The topological polar surface area (TPSA) is 67.6 Å². The lowest BCUT2D eigenvalue weighted by Gasteiger charge is -2.35. The number of benzene rings is 2. The summed E-state index contributed by atoms with van der Waals surface area (Å²) in [6.07, 6.45) is 5.38. The molecule has 2 heterocycles. The highest BCUT2D eigenvalue weighted by Gasteiger charge is 2.50. The van der Waals surface area contributed by atoms with E-state index >= 15 is 0 Å². The van der Waals surface area contributed by atoms with E-state index in [1.54, 1.807) is 19.6 Å². The number of amides is 2. The highest BCUT2D eigenvalue weighted by atomic mass is 16.5. The second kappa shape index (κ2) is 6.65. The Hall–Kier alpha value is -3.28. The Morgan fingerprint density at radius 2 is 2.14 bits per heavy atom. The Morgan fingerprint density at radius 3 is 2.86 bits per heavy atom. The van der Waals surface area contributed by atoms with Gasteiger partial charge in [-0.1, -0.05) is 12.1 Å². The van der Waals surface area contributed by atoms with Crippen molar-refractivity contribution in [3.63, 3.8) is 0 Å². The molecule has 6 heteroatoms. The number of oxazole rings is 1. The van der Waals surface area contributed by atoms with Crippen molar-refractivity contribution in [1.29, 1.82) is 0 Å². The highest BCUT2D eigenvalue weighted by molar-refractivity contribution is 5.91. The van der Waals surface area contributed by atoms with Crippen LogP contribution in [0.5, 0.6) is 5.75 Å². The second-order valence-corrected chi connectivity index (χ2v) is 7.91. The zero-order valence-corrected chi connectivity index (χ0v) is 16.6. The van der Waals surface area contributed by atoms with Crippen LogP contribution >= 0.6 is 0 Å². The summed E-state index contributed by atoms with van der Waals surface area (Å²) in [7, 11) is 1.69. The molecule has 6 nitrogen and oxygen atoms in total. The first-order valence-electron chi connectivity index (χ1n) is 9.82. The van der Waals surface area contributed by atoms with Gasteiger partial charge in [0, 0.05) is 29.8 Å². The van der Waals surface area contributed by atoms with E-state index < -0.39 is 0 Å². The summed E-state index contributed by atoms with van der Waals surface area (Å²) in [5.41, 5.74) is 5.21. The van der Waals surface area contributed by atoms with Gasteiger partial charge in [0.15, 0.2) is 0 Å². The van der Waals surface area contributed by atoms with Crippen LogP contribution in [0.4, 0.5) is 10.5 Å². The first kappa shape index (κ1) is 17.8. The number of hydrogen-bond donors (Lipinski definition) is 1. The molecule has 1 spiro atoms. The van der Waals surface area contributed by atoms with Crippen molar-refractivity contribution in [3.8, 4) is 17.2 Å². The zero-order chi connectivity index (χ0) is 20.0. The molecular weight excluding hydrogens is 366 g/mol. The van der Waals surface area contributed by atoms with Crippen LogP contribution in [-0.4, -0.2) is 29.6 Å². The van der Waals surface area contributed by atoms with Crippen molar-refractivity contribution >= 4 is 11.7 Å². The van der Waals surface area contributed by atoms with Gasteiger partial charge < -0.3 is 19.4 Å². The number of carbonyl (C=O) groups is 1. The average molecular weight is 389 g/mol. The summed E-state index contributed by atoms with van der Waals surface area (Å²) >= 11 is 0. The Labute approximate surface area is 169 Å². The average Bonchev–Trinajstić information content (AvgIpc) is 3.28. The van der Waals surface area contributed by atoms with Crippen molar-refractivity contribution in [2.24, 2.45) is 0 Å². The standard InChI is InChI=1S/C23H23N3O3/c1-15-18(21-24-10-11-29-21)4-3-5-20(15)25-22(27)26-13-16-6-7-17(28-2)12-19(16)23(14-26)8-9-23/h3-7,10-12H,8-9,13-14H2,1-2H3,(H,25,27). The van der Waals surface area contributed by atoms with Crippen LogP contribution in [0.2, 0.25) is 0 Å². The quantitative estimate of drug-likeness (QED) is 0.703. The molecule has 0 radical (unpaired) electrons. The predicted molar refractivity (Wildman–Crippen MR) is 110 cm³/mol. The van der Waals surface area contributed by atoms with Gasteiger partial charge in [0.1, 0.15) is 12.0 Å². The molecule has 5 rings (SSSR count). The fourth-order valence-electron chi connectivity index (χ4n) is 4.30. The summed E-state index contributed by atoms with van der Waals surface area (Å²) in [5, 5.41) is 3.09. The van der Waals surface area contributed by atoms with Crippen LogP contribution in [0.25, 0.3) is 11.5 Å². The van der Waals surface area contributed by atoms with Crippen LogP contribution in [-0.2, 0) is 12.0 Å². The predicted octanol–water partition coefficient (Wildman–Crippen LogP) is 4.74. The number of rotatable bonds is 3. The van der Waals surface area contributed by atoms with Gasteiger partial charge in [0.2, 0.25) is 5.89 Å². The van der Waals surface area contributed by atoms with Gasteiger partial charge in [0.25, 0.3) is 0 Å². The van der Waals surface area contributed by atoms with Gasteiger partial charge in [-0.05, 0) is 60.7 Å². The van der Waals surface area contributed by atoms with E-state index in [1.807, 2.05) is 36.1 Å². The number of ether oxygens (including phenoxy) is 1. The van der Waals surface area contributed by atoms with E-state index in [0.717, 1.165) is 42.0 Å². The molecule has 0 unspecified atom stereocenters. The van der Waals surface area contributed by atoms with Crippen molar-refractivity contribution < 1.29 is 13.9 Å². The Kier molecular flexibility index (Phi) is 4.08. The van der Waals surface area contributed by atoms with Crippen LogP contribution in [0, 0.1) is 6.92 Å². The molecule has 1 fully saturated rings. The van der Waals surface area contributed by atoms with Crippen LogP contribution in [0.3, 0.4) is 0 Å². The molecular formula is C23H23N3O3. The molecule has 2 amide bonds. The minimum absolute atomic E-state index is 0.0778. The number of hydrogen-bond acceptors (Lipinski definition) is 4. The normalized spacial score (nSPS) is 16.4. The van der Waals surface area contributed by atoms with E-state index in [4.69, 9.17) is 9.15 Å². The summed E-state index contributed by atoms with van der Waals surface area (Å²) in [6.45, 7) is 3.30. The number of carbonyl (C=O) groups excluding carboxylic acids is 1. The highest BCUT2D eigenvalue weighted by Crippen LogP contribution is 2.53. The lowest BCUT2D eigenvalue weighted by Crippen LogP contribution is -2.43. The van der Waals surface area contributed by atoms with Crippen molar-refractivity contribution in [2.75, 3.05) is 19.0 Å². The fourth-order valence-corrected chi connectivity index (χ4v) is 4.30. The van der Waals surface area contributed by atoms with E-state index in [1.165, 1.54) is 11.1 Å². The monoisotopic (exact) mass is 389 g/mol. The lowest BCUT2D eigenvalue weighted by molar-refractivity contribution is 0.197. The van der Waals surface area contributed by atoms with Crippen molar-refractivity contribution in [3.05, 3.63) is 65.5 Å². The minimum Gasteiger partial charge on any atom is -0.497 e. The van der Waals surface area contributed by atoms with Gasteiger partial charge in [-0.15, -0.1) is 0 Å². The van der Waals surface area contributed by atoms with E-state index in [0.29, 0.717) is 12.4 Å². The Morgan fingerprint density at radius 1 is 1.28 bits per heavy atom. The van der Waals surface area contributed by atoms with Crippen LogP contribution in [0.15, 0.2) is 53.3 Å². The molecule has 1 aliphatic carbocycles. The Bertz CT molecular complexity index is 1070. The van der Waals surface area contributed by atoms with Crippen molar-refractivity contribution in [2.45, 2.75) is 31.7 Å². The number of methoxy groups -OCH3 is 1. The third kappa shape index (κ3) is 3.05. The number of nitrogens with zero attached hydrogens (tertiary/aromatic N) is 2. The lowest BCUT2D eigenvalue weighted by atomic mass is 9.87. The summed E-state index contributed by atoms with van der Waals surface area (Å²) < 4.78 is 10.8. The number of fused-ring (bicyclic) bond motifs is 2. The summed E-state index contributed by atoms with van der Waals surface area (Å²) in [4.78, 5) is 19.3. The maximum absolute atomic E-state index is 13.1. The number of anilines is 1. The van der Waals surface area contributed by atoms with Gasteiger partial charge in [-0.25, -0.2) is 9.78 Å². The molecule has 0 bridgehead atoms. The van der Waals surface area contributed by atoms with Crippen LogP contribution < -0.4 is 10.1 Å². The fraction of sp³-hybridized carbons (Fsp3) is 0.304. The first-order chi connectivity index (χ1) is 14.1. The molecule has 1 N–H and O–H groups in total. The van der Waals surface area contributed by atoms with Gasteiger partial charge in [-0.2, -0.15) is 0 Å². The molecule has 29 heavy (non-hydrogen) atoms. The van der Waals surface area contributed by atoms with Crippen LogP contribution in [0.1, 0.15) is 29.5 Å². The van der Waals surface area contributed by atoms with Gasteiger partial charge in [-0.3, -0.25) is 0 Å². The second-order valence-electron chi connectivity index (χ2n) is 7.91. The molecule has 3 aromatic rings. The number of nitrogens with one attached hydrogen (secondary N) is 1. The summed E-state index contributed by atoms with van der Waals surface area (Å²) in [6, 6.07) is 11.9. The maximum atomic E-state index is 13.1. The molecule has 0 saturated heterocycles. The SMILES string of the molecule is COc1ccc2c(c1)C1(CC1)CN(C(=O)Nc1cccc(-c3ncco3)c1C)C2. The molecule has 1 aliphatic heterocycles. The van der Waals surface area contributed by atoms with E-state index in [-0.39, 0.29) is 11.4 Å². The third-order valence-corrected chi connectivity index (χ3v) is 6.12. The molecule has 2 aromatic carbocycles. The number of urea groups is 1. The summed E-state index contributed by atoms with van der Waals surface area (Å²) in [5.74, 6) is 1.43. The molecule has 0 atom stereocenters. The third-order valence-electron chi connectivity index (χ3n) is 6.12. The van der Waals surface area contributed by atoms with Gasteiger partial charge >= 0.3 is 6.03 Å². The van der Waals surface area contributed by atoms with Gasteiger partial charge in [0.05, 0.1) is 13.3 Å². The minimum atomic E-state index is -0.0783. The Balaban J connectivity index is 1.39. The molecule has 1 aromatic heterocycles. The van der Waals surface area contributed by atoms with E-state index in [9.17, 15) is 4.79 Å².